The third kappa shape index (κ3) is 9.15. The highest BCUT2D eigenvalue weighted by Crippen LogP contribution is 2.10. The fraction of sp³-hybridized carbons (Fsp3) is 0.833. The number of hydrogen-bond donors (Lipinski definition) is 3. The molecule has 0 aromatic heterocycles. The van der Waals surface area contributed by atoms with Gasteiger partial charge < -0.3 is 15.7 Å². The standard InChI is InChI=1S/C12H24N2O3S/c1-9(2)7-10(11(15)16)8-14-12(17)13-5-4-6-18-3/h9-10H,4-8H2,1-3H3,(H,15,16)(H2,13,14,17). The Morgan fingerprint density at radius 2 is 1.94 bits per heavy atom. The lowest BCUT2D eigenvalue weighted by atomic mass is 9.97. The summed E-state index contributed by atoms with van der Waals surface area (Å²) in [5, 5.41) is 14.3. The summed E-state index contributed by atoms with van der Waals surface area (Å²) in [5.41, 5.74) is 0. The molecule has 1 atom stereocenters. The quantitative estimate of drug-likeness (QED) is 0.561. The molecule has 0 rings (SSSR count). The Balaban J connectivity index is 3.82. The van der Waals surface area contributed by atoms with Crippen LogP contribution in [0.4, 0.5) is 4.79 Å². The van der Waals surface area contributed by atoms with Gasteiger partial charge in [-0.15, -0.1) is 0 Å². The number of urea groups is 1. The highest BCUT2D eigenvalue weighted by Gasteiger charge is 2.19. The average molecular weight is 276 g/mol. The molecule has 18 heavy (non-hydrogen) atoms. The summed E-state index contributed by atoms with van der Waals surface area (Å²) in [6.07, 6.45) is 3.51. The van der Waals surface area contributed by atoms with Gasteiger partial charge in [0.15, 0.2) is 0 Å². The van der Waals surface area contributed by atoms with Crippen LogP contribution >= 0.6 is 11.8 Å². The second-order valence-corrected chi connectivity index (χ2v) is 5.63. The molecule has 0 aromatic rings. The Kier molecular flexibility index (Phi) is 9.55. The first kappa shape index (κ1) is 17.1. The predicted molar refractivity (Wildman–Crippen MR) is 75.0 cm³/mol. The van der Waals surface area contributed by atoms with E-state index in [4.69, 9.17) is 5.11 Å². The van der Waals surface area contributed by atoms with Crippen LogP contribution in [-0.4, -0.2) is 42.2 Å². The Bertz CT molecular complexity index is 260. The van der Waals surface area contributed by atoms with E-state index in [1.165, 1.54) is 0 Å². The Morgan fingerprint density at radius 1 is 1.28 bits per heavy atom. The first-order valence-corrected chi connectivity index (χ1v) is 7.60. The number of carbonyl (C=O) groups is 2. The molecule has 5 nitrogen and oxygen atoms in total. The van der Waals surface area contributed by atoms with Gasteiger partial charge in [-0.3, -0.25) is 4.79 Å². The molecule has 0 aliphatic carbocycles. The van der Waals surface area contributed by atoms with Crippen LogP contribution in [0.5, 0.6) is 0 Å². The molecule has 3 N–H and O–H groups in total. The van der Waals surface area contributed by atoms with E-state index in [2.05, 4.69) is 10.6 Å². The number of nitrogens with one attached hydrogen (secondary N) is 2. The number of hydrogen-bond acceptors (Lipinski definition) is 3. The molecule has 0 aromatic carbocycles. The summed E-state index contributed by atoms with van der Waals surface area (Å²) in [4.78, 5) is 22.4. The van der Waals surface area contributed by atoms with Crippen molar-refractivity contribution < 1.29 is 14.7 Å². The van der Waals surface area contributed by atoms with Crippen LogP contribution in [0.1, 0.15) is 26.7 Å². The fourth-order valence-corrected chi connectivity index (χ4v) is 1.97. The van der Waals surface area contributed by atoms with Crippen LogP contribution in [0.15, 0.2) is 0 Å². The van der Waals surface area contributed by atoms with Crippen molar-refractivity contribution in [1.29, 1.82) is 0 Å². The number of rotatable bonds is 9. The number of carboxylic acid groups (broad SMARTS) is 1. The highest BCUT2D eigenvalue weighted by atomic mass is 32.2. The molecule has 0 bridgehead atoms. The van der Waals surface area contributed by atoms with Crippen LogP contribution in [0.25, 0.3) is 0 Å². The van der Waals surface area contributed by atoms with Gasteiger partial charge in [0.1, 0.15) is 0 Å². The van der Waals surface area contributed by atoms with Gasteiger partial charge in [-0.1, -0.05) is 13.8 Å². The average Bonchev–Trinajstić information content (AvgIpc) is 2.29. The molecular formula is C12H24N2O3S. The molecule has 0 heterocycles. The molecule has 0 fully saturated rings. The summed E-state index contributed by atoms with van der Waals surface area (Å²) in [7, 11) is 0. The second-order valence-electron chi connectivity index (χ2n) is 4.65. The highest BCUT2D eigenvalue weighted by molar-refractivity contribution is 7.98. The van der Waals surface area contributed by atoms with Crippen LogP contribution < -0.4 is 10.6 Å². The van der Waals surface area contributed by atoms with E-state index in [1.807, 2.05) is 20.1 Å². The number of thioether (sulfide) groups is 1. The molecule has 6 heteroatoms. The van der Waals surface area contributed by atoms with E-state index < -0.39 is 11.9 Å². The molecular weight excluding hydrogens is 252 g/mol. The lowest BCUT2D eigenvalue weighted by molar-refractivity contribution is -0.142. The van der Waals surface area contributed by atoms with Gasteiger partial charge in [0.05, 0.1) is 5.92 Å². The first-order chi connectivity index (χ1) is 8.47. The Labute approximate surface area is 113 Å². The van der Waals surface area contributed by atoms with Gasteiger partial charge in [-0.25, -0.2) is 4.79 Å². The Morgan fingerprint density at radius 3 is 2.44 bits per heavy atom. The van der Waals surface area contributed by atoms with Crippen molar-refractivity contribution in [1.82, 2.24) is 10.6 Å². The lowest BCUT2D eigenvalue weighted by Crippen LogP contribution is -2.40. The zero-order valence-corrected chi connectivity index (χ0v) is 12.2. The van der Waals surface area contributed by atoms with Crippen molar-refractivity contribution >= 4 is 23.8 Å². The maximum absolute atomic E-state index is 11.4. The van der Waals surface area contributed by atoms with Gasteiger partial charge in [0, 0.05) is 13.1 Å². The maximum atomic E-state index is 11.4. The molecule has 0 saturated carbocycles. The van der Waals surface area contributed by atoms with E-state index in [0.717, 1.165) is 12.2 Å². The minimum absolute atomic E-state index is 0.182. The summed E-state index contributed by atoms with van der Waals surface area (Å²) in [5.74, 6) is -0.0587. The second kappa shape index (κ2) is 10.1. The van der Waals surface area contributed by atoms with Crippen molar-refractivity contribution in [3.05, 3.63) is 0 Å². The molecule has 0 aliphatic heterocycles. The van der Waals surface area contributed by atoms with E-state index in [1.54, 1.807) is 11.8 Å². The number of carboxylic acids is 1. The molecule has 0 saturated heterocycles. The SMILES string of the molecule is CSCCCNC(=O)NCC(CC(C)C)C(=O)O. The molecule has 2 amide bonds. The maximum Gasteiger partial charge on any atom is 0.314 e. The van der Waals surface area contributed by atoms with E-state index in [9.17, 15) is 9.59 Å². The zero-order valence-electron chi connectivity index (χ0n) is 11.4. The molecule has 106 valence electrons. The number of aliphatic carboxylic acids is 1. The van der Waals surface area contributed by atoms with Gasteiger partial charge >= 0.3 is 12.0 Å². The van der Waals surface area contributed by atoms with E-state index in [0.29, 0.717) is 18.9 Å². The van der Waals surface area contributed by atoms with Gasteiger partial charge in [0.25, 0.3) is 0 Å². The smallest absolute Gasteiger partial charge is 0.314 e. The number of carbonyl (C=O) groups excluding carboxylic acids is 1. The number of amides is 2. The molecule has 0 aliphatic rings. The lowest BCUT2D eigenvalue weighted by Gasteiger charge is -2.15. The fourth-order valence-electron chi connectivity index (χ4n) is 1.54. The van der Waals surface area contributed by atoms with Crippen LogP contribution in [0.3, 0.4) is 0 Å². The van der Waals surface area contributed by atoms with E-state index >= 15 is 0 Å². The molecule has 0 spiro atoms. The van der Waals surface area contributed by atoms with Gasteiger partial charge in [0.2, 0.25) is 0 Å². The summed E-state index contributed by atoms with van der Waals surface area (Å²) < 4.78 is 0. The summed E-state index contributed by atoms with van der Waals surface area (Å²) >= 11 is 1.73. The van der Waals surface area contributed by atoms with Crippen molar-refractivity contribution in [2.24, 2.45) is 11.8 Å². The van der Waals surface area contributed by atoms with Crippen LogP contribution in [0.2, 0.25) is 0 Å². The predicted octanol–water partition coefficient (Wildman–Crippen LogP) is 1.79. The third-order valence-corrected chi connectivity index (χ3v) is 3.12. The largest absolute Gasteiger partial charge is 0.481 e. The topological polar surface area (TPSA) is 78.4 Å². The van der Waals surface area contributed by atoms with Crippen LogP contribution in [-0.2, 0) is 4.79 Å². The summed E-state index contributed by atoms with van der Waals surface area (Å²) in [6, 6.07) is -0.286. The Hall–Kier alpha value is -0.910. The monoisotopic (exact) mass is 276 g/mol. The normalized spacial score (nSPS) is 12.2. The van der Waals surface area contributed by atoms with Gasteiger partial charge in [-0.2, -0.15) is 11.8 Å². The molecule has 0 radical (unpaired) electrons. The minimum Gasteiger partial charge on any atom is -0.481 e. The summed E-state index contributed by atoms with van der Waals surface area (Å²) in [6.45, 7) is 4.74. The van der Waals surface area contributed by atoms with Crippen molar-refractivity contribution in [3.8, 4) is 0 Å². The molecule has 1 unspecified atom stereocenters. The van der Waals surface area contributed by atoms with Crippen molar-refractivity contribution in [2.75, 3.05) is 25.1 Å². The third-order valence-electron chi connectivity index (χ3n) is 2.42. The van der Waals surface area contributed by atoms with Crippen molar-refractivity contribution in [3.63, 3.8) is 0 Å². The first-order valence-electron chi connectivity index (χ1n) is 6.20. The minimum atomic E-state index is -0.855. The van der Waals surface area contributed by atoms with E-state index in [-0.39, 0.29) is 12.6 Å². The van der Waals surface area contributed by atoms with Crippen molar-refractivity contribution in [2.45, 2.75) is 26.7 Å². The van der Waals surface area contributed by atoms with Crippen LogP contribution in [0, 0.1) is 11.8 Å². The zero-order chi connectivity index (χ0) is 14.0. The van der Waals surface area contributed by atoms with Gasteiger partial charge in [-0.05, 0) is 30.8 Å².